The molecule has 4 heteroatoms. The maximum atomic E-state index is 12.6. The number of carboxylic acid groups (broad SMARTS) is 1. The van der Waals surface area contributed by atoms with Crippen molar-refractivity contribution < 1.29 is 14.7 Å². The van der Waals surface area contributed by atoms with Crippen LogP contribution in [-0.2, 0) is 9.59 Å². The van der Waals surface area contributed by atoms with Crippen molar-refractivity contribution in [2.24, 2.45) is 11.3 Å². The zero-order chi connectivity index (χ0) is 14.1. The van der Waals surface area contributed by atoms with Crippen LogP contribution >= 0.6 is 0 Å². The van der Waals surface area contributed by atoms with E-state index in [-0.39, 0.29) is 18.0 Å². The van der Waals surface area contributed by atoms with Crippen LogP contribution in [0.25, 0.3) is 0 Å². The van der Waals surface area contributed by atoms with Crippen LogP contribution in [0.4, 0.5) is 0 Å². The van der Waals surface area contributed by atoms with Crippen molar-refractivity contribution in [1.82, 2.24) is 4.90 Å². The van der Waals surface area contributed by atoms with Crippen LogP contribution in [0.1, 0.15) is 53.9 Å². The first kappa shape index (κ1) is 15.0. The minimum atomic E-state index is -1.02. The highest BCUT2D eigenvalue weighted by Gasteiger charge is 2.43. The van der Waals surface area contributed by atoms with Gasteiger partial charge in [-0.1, -0.05) is 20.8 Å². The lowest BCUT2D eigenvalue weighted by Crippen LogP contribution is -2.53. The van der Waals surface area contributed by atoms with E-state index >= 15 is 0 Å². The fourth-order valence-corrected chi connectivity index (χ4v) is 2.85. The third-order valence-electron chi connectivity index (χ3n) is 3.81. The molecule has 1 fully saturated rings. The maximum Gasteiger partial charge on any atom is 0.316 e. The molecule has 104 valence electrons. The van der Waals surface area contributed by atoms with Crippen LogP contribution in [0.5, 0.6) is 0 Å². The average molecular weight is 255 g/mol. The van der Waals surface area contributed by atoms with E-state index in [1.165, 1.54) is 0 Å². The molecule has 0 saturated carbocycles. The molecule has 0 radical (unpaired) electrons. The van der Waals surface area contributed by atoms with Crippen molar-refractivity contribution >= 4 is 11.9 Å². The Morgan fingerprint density at radius 3 is 1.94 bits per heavy atom. The molecule has 1 N–H and O–H groups in total. The molecule has 3 atom stereocenters. The van der Waals surface area contributed by atoms with Crippen molar-refractivity contribution in [3.63, 3.8) is 0 Å². The van der Waals surface area contributed by atoms with Crippen molar-refractivity contribution in [3.8, 4) is 0 Å². The molecule has 1 amide bonds. The van der Waals surface area contributed by atoms with E-state index in [2.05, 4.69) is 0 Å². The van der Waals surface area contributed by atoms with Gasteiger partial charge in [-0.3, -0.25) is 9.59 Å². The summed E-state index contributed by atoms with van der Waals surface area (Å²) in [6, 6.07) is 0.288. The monoisotopic (exact) mass is 255 g/mol. The van der Waals surface area contributed by atoms with Crippen LogP contribution in [0.2, 0.25) is 0 Å². The maximum absolute atomic E-state index is 12.6. The summed E-state index contributed by atoms with van der Waals surface area (Å²) in [7, 11) is 0. The highest BCUT2D eigenvalue weighted by molar-refractivity contribution is 5.98. The smallest absolute Gasteiger partial charge is 0.316 e. The van der Waals surface area contributed by atoms with Crippen LogP contribution in [0, 0.1) is 11.3 Å². The SMILES string of the molecule is CC1CCCC(C)N1C(=O)C(C(=O)O)C(C)(C)C. The minimum Gasteiger partial charge on any atom is -0.481 e. The quantitative estimate of drug-likeness (QED) is 0.771. The van der Waals surface area contributed by atoms with E-state index in [1.807, 2.05) is 34.6 Å². The van der Waals surface area contributed by atoms with Gasteiger partial charge in [0, 0.05) is 12.1 Å². The molecule has 4 nitrogen and oxygen atoms in total. The third-order valence-corrected chi connectivity index (χ3v) is 3.81. The molecular weight excluding hydrogens is 230 g/mol. The molecule has 0 aromatic rings. The Balaban J connectivity index is 2.99. The lowest BCUT2D eigenvalue weighted by Gasteiger charge is -2.42. The number of likely N-dealkylation sites (tertiary alicyclic amines) is 1. The topological polar surface area (TPSA) is 57.6 Å². The molecular formula is C14H25NO3. The Bertz CT molecular complexity index is 322. The number of rotatable bonds is 2. The van der Waals surface area contributed by atoms with E-state index < -0.39 is 17.3 Å². The van der Waals surface area contributed by atoms with Crippen LogP contribution in [-0.4, -0.2) is 34.0 Å². The van der Waals surface area contributed by atoms with Gasteiger partial charge in [-0.25, -0.2) is 0 Å². The standard InChI is InChI=1S/C14H25NO3/c1-9-7-6-8-10(2)15(9)12(16)11(13(17)18)14(3,4)5/h9-11H,6-8H2,1-5H3,(H,17,18). The van der Waals surface area contributed by atoms with E-state index in [4.69, 9.17) is 0 Å². The second-order valence-electron chi connectivity index (χ2n) is 6.51. The molecule has 0 aromatic heterocycles. The summed E-state index contributed by atoms with van der Waals surface area (Å²) < 4.78 is 0. The van der Waals surface area contributed by atoms with Gasteiger partial charge in [0.1, 0.15) is 5.92 Å². The molecule has 0 bridgehead atoms. The number of carbonyl (C=O) groups excluding carboxylic acids is 1. The summed E-state index contributed by atoms with van der Waals surface area (Å²) in [5.74, 6) is -2.20. The zero-order valence-electron chi connectivity index (χ0n) is 12.1. The average Bonchev–Trinajstić information content (AvgIpc) is 2.13. The number of hydrogen-bond acceptors (Lipinski definition) is 2. The highest BCUT2D eigenvalue weighted by atomic mass is 16.4. The van der Waals surface area contributed by atoms with Gasteiger partial charge in [0.2, 0.25) is 5.91 Å². The van der Waals surface area contributed by atoms with Crippen LogP contribution in [0.3, 0.4) is 0 Å². The number of nitrogens with zero attached hydrogens (tertiary/aromatic N) is 1. The minimum absolute atomic E-state index is 0.144. The fraction of sp³-hybridized carbons (Fsp3) is 0.857. The van der Waals surface area contributed by atoms with Crippen molar-refractivity contribution in [3.05, 3.63) is 0 Å². The van der Waals surface area contributed by atoms with Crippen molar-refractivity contribution in [2.45, 2.75) is 66.0 Å². The molecule has 1 aliphatic heterocycles. The van der Waals surface area contributed by atoms with Crippen molar-refractivity contribution in [1.29, 1.82) is 0 Å². The molecule has 3 unspecified atom stereocenters. The summed E-state index contributed by atoms with van der Waals surface area (Å²) in [4.78, 5) is 25.7. The first-order chi connectivity index (χ1) is 8.16. The van der Waals surface area contributed by atoms with Gasteiger partial charge in [0.25, 0.3) is 0 Å². The summed E-state index contributed by atoms with van der Waals surface area (Å²) in [5, 5.41) is 9.33. The second kappa shape index (κ2) is 5.29. The number of carbonyl (C=O) groups is 2. The largest absolute Gasteiger partial charge is 0.481 e. The molecule has 1 aliphatic rings. The first-order valence-electron chi connectivity index (χ1n) is 6.71. The molecule has 1 rings (SSSR count). The normalized spacial score (nSPS) is 26.8. The Morgan fingerprint density at radius 1 is 1.17 bits per heavy atom. The Morgan fingerprint density at radius 2 is 1.61 bits per heavy atom. The Kier molecular flexibility index (Phi) is 4.41. The van der Waals surface area contributed by atoms with E-state index in [0.717, 1.165) is 19.3 Å². The summed E-state index contributed by atoms with van der Waals surface area (Å²) >= 11 is 0. The van der Waals surface area contributed by atoms with Gasteiger partial charge < -0.3 is 10.0 Å². The van der Waals surface area contributed by atoms with Gasteiger partial charge in [-0.05, 0) is 38.5 Å². The van der Waals surface area contributed by atoms with E-state index in [0.29, 0.717) is 0 Å². The number of hydrogen-bond donors (Lipinski definition) is 1. The Hall–Kier alpha value is -1.06. The summed E-state index contributed by atoms with van der Waals surface area (Å²) in [5.41, 5.74) is -0.556. The highest BCUT2D eigenvalue weighted by Crippen LogP contribution is 2.32. The van der Waals surface area contributed by atoms with Gasteiger partial charge in [-0.2, -0.15) is 0 Å². The Labute approximate surface area is 109 Å². The zero-order valence-corrected chi connectivity index (χ0v) is 12.1. The van der Waals surface area contributed by atoms with Crippen LogP contribution in [0.15, 0.2) is 0 Å². The van der Waals surface area contributed by atoms with Gasteiger partial charge in [0.05, 0.1) is 0 Å². The molecule has 1 heterocycles. The summed E-state index contributed by atoms with van der Waals surface area (Å²) in [6.45, 7) is 9.44. The van der Waals surface area contributed by atoms with E-state index in [1.54, 1.807) is 4.90 Å². The predicted molar refractivity (Wildman–Crippen MR) is 70.2 cm³/mol. The number of aliphatic carboxylic acids is 1. The number of carboxylic acids is 1. The second-order valence-corrected chi connectivity index (χ2v) is 6.51. The third kappa shape index (κ3) is 3.03. The number of amides is 1. The molecule has 0 aromatic carbocycles. The molecule has 0 spiro atoms. The first-order valence-corrected chi connectivity index (χ1v) is 6.71. The fourth-order valence-electron chi connectivity index (χ4n) is 2.85. The predicted octanol–water partition coefficient (Wildman–Crippen LogP) is 2.52. The number of piperidine rings is 1. The van der Waals surface area contributed by atoms with Gasteiger partial charge >= 0.3 is 5.97 Å². The lowest BCUT2D eigenvalue weighted by molar-refractivity contribution is -0.159. The molecule has 1 saturated heterocycles. The van der Waals surface area contributed by atoms with Gasteiger partial charge in [0.15, 0.2) is 0 Å². The van der Waals surface area contributed by atoms with Crippen molar-refractivity contribution in [2.75, 3.05) is 0 Å². The molecule has 18 heavy (non-hydrogen) atoms. The van der Waals surface area contributed by atoms with E-state index in [9.17, 15) is 14.7 Å². The summed E-state index contributed by atoms with van der Waals surface area (Å²) in [6.07, 6.45) is 3.04. The molecule has 0 aliphatic carbocycles. The van der Waals surface area contributed by atoms with Crippen LogP contribution < -0.4 is 0 Å². The lowest BCUT2D eigenvalue weighted by atomic mass is 9.79. The van der Waals surface area contributed by atoms with Gasteiger partial charge in [-0.15, -0.1) is 0 Å².